The first-order chi connectivity index (χ1) is 33.1. The van der Waals surface area contributed by atoms with Crippen molar-refractivity contribution < 1.29 is 47.4 Å². The second kappa shape index (κ2) is 25.9. The lowest BCUT2D eigenvalue weighted by Crippen LogP contribution is -2.64. The molecule has 2 saturated heterocycles. The first kappa shape index (κ1) is 48.3. The van der Waals surface area contributed by atoms with Gasteiger partial charge in [0.2, 0.25) is 0 Å². The number of ether oxygens (including phenoxy) is 10. The molecule has 0 aromatic heterocycles. The number of rotatable bonds is 24. The van der Waals surface area contributed by atoms with Crippen LogP contribution in [-0.4, -0.2) is 88.7 Å². The van der Waals surface area contributed by atoms with Gasteiger partial charge in [-0.2, -0.15) is 0 Å². The van der Waals surface area contributed by atoms with Crippen LogP contribution >= 0.6 is 0 Å². The first-order valence-corrected chi connectivity index (χ1v) is 23.2. The normalized spacial score (nSPS) is 25.2. The van der Waals surface area contributed by atoms with Crippen LogP contribution in [0.2, 0.25) is 0 Å². The maximum atomic E-state index is 6.87. The number of benzene rings is 6. The van der Waals surface area contributed by atoms with E-state index in [9.17, 15) is 0 Å². The van der Waals surface area contributed by atoms with Gasteiger partial charge >= 0.3 is 0 Å². The van der Waals surface area contributed by atoms with E-state index in [0.29, 0.717) is 52.7 Å². The molecule has 11 heteroatoms. The van der Waals surface area contributed by atoms with Crippen LogP contribution in [0.5, 0.6) is 0 Å². The molecule has 2 aliphatic heterocycles. The summed E-state index contributed by atoms with van der Waals surface area (Å²) in [5.74, 6) is 0. The van der Waals surface area contributed by atoms with Crippen LogP contribution in [0.25, 0.3) is 0 Å². The van der Waals surface area contributed by atoms with E-state index in [0.717, 1.165) is 33.4 Å². The minimum absolute atomic E-state index is 0.334. The molecule has 0 bridgehead atoms. The molecule has 8 rings (SSSR count). The molecule has 0 saturated carbocycles. The van der Waals surface area contributed by atoms with Crippen molar-refractivity contribution in [3.63, 3.8) is 0 Å². The zero-order chi connectivity index (χ0) is 45.9. The Kier molecular flexibility index (Phi) is 18.7. The average Bonchev–Trinajstić information content (AvgIpc) is 3.39. The molecule has 0 spiro atoms. The molecule has 2 fully saturated rings. The topological polar surface area (TPSA) is 104 Å². The van der Waals surface area contributed by atoms with Crippen molar-refractivity contribution in [1.82, 2.24) is 5.32 Å². The molecule has 67 heavy (non-hydrogen) atoms. The van der Waals surface area contributed by atoms with Crippen LogP contribution in [0.3, 0.4) is 0 Å². The monoisotopic (exact) mass is 909 g/mol. The van der Waals surface area contributed by atoms with Gasteiger partial charge in [0.1, 0.15) is 48.8 Å². The predicted octanol–water partition coefficient (Wildman–Crippen LogP) is 8.83. The zero-order valence-corrected chi connectivity index (χ0v) is 38.3. The minimum atomic E-state index is -0.767. The molecular formula is C56H63NO10. The molecule has 6 aromatic rings. The van der Waals surface area contributed by atoms with Gasteiger partial charge in [-0.15, -0.1) is 0 Å². The Morgan fingerprint density at radius 1 is 0.313 bits per heavy atom. The van der Waals surface area contributed by atoms with Crippen LogP contribution in [0.4, 0.5) is 0 Å². The van der Waals surface area contributed by atoms with Crippen LogP contribution in [0.1, 0.15) is 33.4 Å². The van der Waals surface area contributed by atoms with E-state index in [1.807, 2.05) is 182 Å². The quantitative estimate of drug-likeness (QED) is 0.0631. The highest BCUT2D eigenvalue weighted by Gasteiger charge is 2.51. The summed E-state index contributed by atoms with van der Waals surface area (Å²) in [6.45, 7) is 2.72. The zero-order valence-electron chi connectivity index (χ0n) is 38.3. The second-order valence-electron chi connectivity index (χ2n) is 16.8. The molecular weight excluding hydrogens is 847 g/mol. The van der Waals surface area contributed by atoms with Gasteiger partial charge in [-0.1, -0.05) is 182 Å². The lowest BCUT2D eigenvalue weighted by Gasteiger charge is -2.47. The summed E-state index contributed by atoms with van der Waals surface area (Å²) in [5, 5.41) is 3.69. The number of nitrogens with one attached hydrogen (secondary N) is 1. The maximum absolute atomic E-state index is 6.87. The highest BCUT2D eigenvalue weighted by molar-refractivity contribution is 5.18. The van der Waals surface area contributed by atoms with E-state index < -0.39 is 61.4 Å². The molecule has 0 unspecified atom stereocenters. The predicted molar refractivity (Wildman–Crippen MR) is 254 cm³/mol. The largest absolute Gasteiger partial charge is 0.368 e. The third-order valence-corrected chi connectivity index (χ3v) is 12.0. The summed E-state index contributed by atoms with van der Waals surface area (Å²) < 4.78 is 66.6. The molecule has 352 valence electrons. The van der Waals surface area contributed by atoms with E-state index in [4.69, 9.17) is 47.4 Å². The molecule has 0 radical (unpaired) electrons. The summed E-state index contributed by atoms with van der Waals surface area (Å²) in [7, 11) is 3.27. The van der Waals surface area contributed by atoms with Gasteiger partial charge in [-0.05, 0) is 33.4 Å². The SMILES string of the molecule is CO[C@@H]1O[C@H](CNC[C@H]2O[C@@H](OC)[C@H](OCc3ccccc3)[C@@H](OCc3ccccc3)[C@@H]2OCc2ccccc2)[C@@H](OCc2ccccc2)[C@H](OCc2ccccc2)[C@H]1OCc1ccccc1. The lowest BCUT2D eigenvalue weighted by atomic mass is 9.96. The van der Waals surface area contributed by atoms with Gasteiger partial charge in [-0.3, -0.25) is 0 Å². The van der Waals surface area contributed by atoms with Crippen molar-refractivity contribution in [1.29, 1.82) is 0 Å². The average molecular weight is 910 g/mol. The molecule has 10 atom stereocenters. The molecule has 0 amide bonds. The fourth-order valence-electron chi connectivity index (χ4n) is 8.57. The molecule has 11 nitrogen and oxygen atoms in total. The molecule has 2 heterocycles. The van der Waals surface area contributed by atoms with Crippen molar-refractivity contribution in [2.75, 3.05) is 27.3 Å². The minimum Gasteiger partial charge on any atom is -0.368 e. The fourth-order valence-corrected chi connectivity index (χ4v) is 8.57. The summed E-state index contributed by atoms with van der Waals surface area (Å²) >= 11 is 0. The van der Waals surface area contributed by atoms with Crippen molar-refractivity contribution in [2.24, 2.45) is 0 Å². The first-order valence-electron chi connectivity index (χ1n) is 23.2. The number of methoxy groups -OCH3 is 2. The fraction of sp³-hybridized carbons (Fsp3) is 0.357. The number of hydrogen-bond acceptors (Lipinski definition) is 11. The van der Waals surface area contributed by atoms with Gasteiger partial charge in [0.05, 0.1) is 39.6 Å². The highest BCUT2D eigenvalue weighted by atomic mass is 16.7. The van der Waals surface area contributed by atoms with Crippen LogP contribution in [0.15, 0.2) is 182 Å². The third kappa shape index (κ3) is 14.0. The molecule has 1 N–H and O–H groups in total. The van der Waals surface area contributed by atoms with Crippen molar-refractivity contribution in [2.45, 2.75) is 101 Å². The van der Waals surface area contributed by atoms with Crippen molar-refractivity contribution in [3.05, 3.63) is 215 Å². The smallest absolute Gasteiger partial charge is 0.186 e. The van der Waals surface area contributed by atoms with E-state index in [1.165, 1.54) is 0 Å². The summed E-state index contributed by atoms with van der Waals surface area (Å²) in [6, 6.07) is 60.6. The van der Waals surface area contributed by atoms with Crippen LogP contribution in [0, 0.1) is 0 Å². The Morgan fingerprint density at radius 3 is 0.776 bits per heavy atom. The molecule has 0 aliphatic carbocycles. The van der Waals surface area contributed by atoms with Gasteiger partial charge in [0.25, 0.3) is 0 Å². The summed E-state index contributed by atoms with van der Waals surface area (Å²) in [4.78, 5) is 0. The Bertz CT molecular complexity index is 2090. The number of hydrogen-bond donors (Lipinski definition) is 1. The standard InChI is InChI=1S/C56H63NO10/c1-58-55-53(64-39-45-29-17-7-18-30-45)51(62-37-43-25-13-5-14-26-43)49(60-35-41-21-9-3-10-22-41)47(66-55)33-57-34-48-50(61-36-42-23-11-4-12-24-42)52(63-38-44-27-15-6-16-28-44)54(56(59-2)67-48)65-40-46-31-19-8-20-32-46/h3-32,47-57H,33-40H2,1-2H3/t47-,48-,49-,50-,51+,52+,53-,54-,55-,56-/m1/s1. The van der Waals surface area contributed by atoms with Gasteiger partial charge < -0.3 is 52.7 Å². The van der Waals surface area contributed by atoms with Crippen molar-refractivity contribution >= 4 is 0 Å². The van der Waals surface area contributed by atoms with Crippen LogP contribution in [-0.2, 0) is 87.0 Å². The summed E-state index contributed by atoms with van der Waals surface area (Å²) in [5.41, 5.74) is 6.15. The van der Waals surface area contributed by atoms with E-state index >= 15 is 0 Å². The Balaban J connectivity index is 1.06. The van der Waals surface area contributed by atoms with Gasteiger partial charge in [0.15, 0.2) is 12.6 Å². The maximum Gasteiger partial charge on any atom is 0.186 e. The molecule has 6 aromatic carbocycles. The van der Waals surface area contributed by atoms with E-state index in [2.05, 4.69) is 5.32 Å². The van der Waals surface area contributed by atoms with Gasteiger partial charge in [0, 0.05) is 27.3 Å². The van der Waals surface area contributed by atoms with Gasteiger partial charge in [-0.25, -0.2) is 0 Å². The lowest BCUT2D eigenvalue weighted by molar-refractivity contribution is -0.320. The Morgan fingerprint density at radius 2 is 0.537 bits per heavy atom. The van der Waals surface area contributed by atoms with Crippen LogP contribution < -0.4 is 5.32 Å². The summed E-state index contributed by atoms with van der Waals surface area (Å²) in [6.07, 6.45) is -6.18. The molecule has 2 aliphatic rings. The van der Waals surface area contributed by atoms with E-state index in [1.54, 1.807) is 14.2 Å². The highest BCUT2D eigenvalue weighted by Crippen LogP contribution is 2.33. The Hall–Kier alpha value is -5.12. The Labute approximate surface area is 395 Å². The van der Waals surface area contributed by atoms with Crippen molar-refractivity contribution in [3.8, 4) is 0 Å². The third-order valence-electron chi connectivity index (χ3n) is 12.0. The van der Waals surface area contributed by atoms with E-state index in [-0.39, 0.29) is 0 Å². The second-order valence-corrected chi connectivity index (χ2v) is 16.8.